The van der Waals surface area contributed by atoms with Crippen LogP contribution in [0.25, 0.3) is 0 Å². The van der Waals surface area contributed by atoms with Crippen LogP contribution in [0.5, 0.6) is 5.75 Å². The van der Waals surface area contributed by atoms with Gasteiger partial charge >= 0.3 is 29.6 Å². The number of hydrogen-bond acceptors (Lipinski definition) is 4. The summed E-state index contributed by atoms with van der Waals surface area (Å²) in [6.45, 7) is 7.35. The van der Waals surface area contributed by atoms with Crippen LogP contribution in [0.3, 0.4) is 0 Å². The minimum absolute atomic E-state index is 0. The summed E-state index contributed by atoms with van der Waals surface area (Å²) < 4.78 is 41.2. The van der Waals surface area contributed by atoms with Crippen LogP contribution in [0.1, 0.15) is 83.8 Å². The monoisotopic (exact) mass is 392 g/mol. The molecular formula is C20H33NaO4S. The van der Waals surface area contributed by atoms with Gasteiger partial charge in [-0.2, -0.15) is 0 Å². The molecule has 6 heteroatoms. The maximum atomic E-state index is 11.8. The second-order valence-corrected chi connectivity index (χ2v) is 8.63. The van der Waals surface area contributed by atoms with Crippen LogP contribution in [0.4, 0.5) is 0 Å². The predicted molar refractivity (Wildman–Crippen MR) is 102 cm³/mol. The van der Waals surface area contributed by atoms with Crippen molar-refractivity contribution in [1.82, 2.24) is 0 Å². The Labute approximate surface area is 182 Å². The molecule has 0 heterocycles. The van der Waals surface area contributed by atoms with Crippen LogP contribution in [0, 0.1) is 0 Å². The molecule has 1 atom stereocenters. The minimum atomic E-state index is -4.57. The van der Waals surface area contributed by atoms with Crippen molar-refractivity contribution >= 4 is 10.1 Å². The summed E-state index contributed by atoms with van der Waals surface area (Å²) >= 11 is 0. The van der Waals surface area contributed by atoms with Gasteiger partial charge in [-0.3, -0.25) is 0 Å². The molecule has 0 aliphatic rings. The van der Waals surface area contributed by atoms with Gasteiger partial charge in [0.25, 0.3) is 0 Å². The van der Waals surface area contributed by atoms with E-state index in [-0.39, 0.29) is 36.0 Å². The Hall–Kier alpha value is -0.0700. The molecule has 0 saturated heterocycles. The summed E-state index contributed by atoms with van der Waals surface area (Å²) in [6, 6.07) is 5.98. The second kappa shape index (κ2) is 12.4. The first-order valence-electron chi connectivity index (χ1n) is 9.54. The maximum absolute atomic E-state index is 11.8. The Morgan fingerprint density at radius 2 is 1.42 bits per heavy atom. The average molecular weight is 393 g/mol. The second-order valence-electron chi connectivity index (χ2n) is 6.86. The van der Waals surface area contributed by atoms with E-state index in [1.54, 1.807) is 6.92 Å². The van der Waals surface area contributed by atoms with E-state index in [4.69, 9.17) is 4.74 Å². The molecule has 0 aliphatic carbocycles. The van der Waals surface area contributed by atoms with Crippen LogP contribution < -0.4 is 34.3 Å². The summed E-state index contributed by atoms with van der Waals surface area (Å²) in [5.41, 5.74) is 2.01. The first-order chi connectivity index (χ1) is 11.8. The topological polar surface area (TPSA) is 66.4 Å². The van der Waals surface area contributed by atoms with E-state index < -0.39 is 15.1 Å². The number of rotatable bonds is 12. The van der Waals surface area contributed by atoms with E-state index in [1.807, 2.05) is 18.2 Å². The molecule has 0 spiro atoms. The van der Waals surface area contributed by atoms with Gasteiger partial charge in [-0.25, -0.2) is 8.42 Å². The summed E-state index contributed by atoms with van der Waals surface area (Å²) in [4.78, 5) is -1.73. The zero-order valence-corrected chi connectivity index (χ0v) is 20.0. The zero-order valence-electron chi connectivity index (χ0n) is 17.1. The van der Waals surface area contributed by atoms with Crippen molar-refractivity contribution in [3.8, 4) is 5.75 Å². The molecule has 1 aromatic carbocycles. The van der Waals surface area contributed by atoms with Gasteiger partial charge in [0.15, 0.2) is 4.93 Å². The van der Waals surface area contributed by atoms with E-state index in [1.165, 1.54) is 6.92 Å². The molecule has 26 heavy (non-hydrogen) atoms. The predicted octanol–water partition coefficient (Wildman–Crippen LogP) is 2.21. The number of unbranched alkanes of at least 4 members (excludes halogenated alkanes) is 4. The number of aryl methyl sites for hydroxylation is 2. The molecule has 1 aromatic rings. The Balaban J connectivity index is 0.00000625. The van der Waals surface area contributed by atoms with Crippen molar-refractivity contribution in [3.05, 3.63) is 29.3 Å². The van der Waals surface area contributed by atoms with Gasteiger partial charge in [0, 0.05) is 0 Å². The summed E-state index contributed by atoms with van der Waals surface area (Å²) in [5, 5.41) is 0. The van der Waals surface area contributed by atoms with Crippen molar-refractivity contribution in [1.29, 1.82) is 0 Å². The molecule has 0 N–H and O–H groups in total. The van der Waals surface area contributed by atoms with Gasteiger partial charge < -0.3 is 9.29 Å². The minimum Gasteiger partial charge on any atom is -0.745 e. The van der Waals surface area contributed by atoms with E-state index in [0.29, 0.717) is 5.75 Å². The van der Waals surface area contributed by atoms with Crippen molar-refractivity contribution in [3.63, 3.8) is 0 Å². The number of benzene rings is 1. The standard InChI is InChI=1S/C20H34O4S.Na/c1-5-8-10-13-17-15-12-16-18(14-11-9-6-2)19(17)24-20(4,7-3)25(21,22)23;/h12,15-16H,5-11,13-14H2,1-4H3,(H,21,22,23);/q;+1/p-1. The molecule has 0 aromatic heterocycles. The van der Waals surface area contributed by atoms with Crippen LogP contribution in [0.15, 0.2) is 18.2 Å². The Bertz CT molecular complexity index is 602. The van der Waals surface area contributed by atoms with Crippen molar-refractivity contribution in [2.75, 3.05) is 0 Å². The third-order valence-corrected chi connectivity index (χ3v) is 6.20. The van der Waals surface area contributed by atoms with Gasteiger partial charge in [0.05, 0.1) is 0 Å². The van der Waals surface area contributed by atoms with E-state index >= 15 is 0 Å². The third-order valence-electron chi connectivity index (χ3n) is 4.77. The molecule has 0 saturated carbocycles. The first-order valence-corrected chi connectivity index (χ1v) is 10.9. The molecule has 144 valence electrons. The Kier molecular flexibility index (Phi) is 12.4. The van der Waals surface area contributed by atoms with E-state index in [2.05, 4.69) is 13.8 Å². The quantitative estimate of drug-likeness (QED) is 0.311. The van der Waals surface area contributed by atoms with E-state index in [9.17, 15) is 13.0 Å². The molecule has 0 fully saturated rings. The Morgan fingerprint density at radius 1 is 0.962 bits per heavy atom. The van der Waals surface area contributed by atoms with E-state index in [0.717, 1.165) is 62.5 Å². The molecule has 1 unspecified atom stereocenters. The van der Waals surface area contributed by atoms with Gasteiger partial charge in [-0.05, 0) is 50.2 Å². The molecule has 0 radical (unpaired) electrons. The normalized spacial score (nSPS) is 13.7. The fourth-order valence-electron chi connectivity index (χ4n) is 2.81. The third kappa shape index (κ3) is 7.51. The van der Waals surface area contributed by atoms with Crippen LogP contribution in [-0.2, 0) is 23.0 Å². The maximum Gasteiger partial charge on any atom is 1.00 e. The smallest absolute Gasteiger partial charge is 0.745 e. The first kappa shape index (κ1) is 25.9. The number of hydrogen-bond donors (Lipinski definition) is 0. The van der Waals surface area contributed by atoms with Gasteiger partial charge in [-0.1, -0.05) is 64.7 Å². The Morgan fingerprint density at radius 3 is 1.77 bits per heavy atom. The van der Waals surface area contributed by atoms with Crippen molar-refractivity contribution in [2.45, 2.75) is 90.4 Å². The zero-order chi connectivity index (χ0) is 18.9. The van der Waals surface area contributed by atoms with Crippen LogP contribution in [0.2, 0.25) is 0 Å². The fraction of sp³-hybridized carbons (Fsp3) is 0.700. The van der Waals surface area contributed by atoms with Gasteiger partial charge in [-0.15, -0.1) is 0 Å². The number of para-hydroxylation sites is 1. The van der Waals surface area contributed by atoms with Crippen molar-refractivity contribution in [2.24, 2.45) is 0 Å². The van der Waals surface area contributed by atoms with Crippen molar-refractivity contribution < 1.29 is 47.3 Å². The van der Waals surface area contributed by atoms with Gasteiger partial charge in [0.1, 0.15) is 15.9 Å². The number of ether oxygens (including phenoxy) is 1. The molecule has 0 bridgehead atoms. The van der Waals surface area contributed by atoms with Crippen LogP contribution in [-0.4, -0.2) is 17.9 Å². The average Bonchev–Trinajstić information content (AvgIpc) is 2.56. The summed E-state index contributed by atoms with van der Waals surface area (Å²) in [5.74, 6) is 0.610. The largest absolute Gasteiger partial charge is 1.00 e. The van der Waals surface area contributed by atoms with Crippen LogP contribution >= 0.6 is 0 Å². The molecule has 1 rings (SSSR count). The van der Waals surface area contributed by atoms with Gasteiger partial charge in [0.2, 0.25) is 0 Å². The molecular weight excluding hydrogens is 359 g/mol. The summed E-state index contributed by atoms with van der Waals surface area (Å²) in [6.07, 6.45) is 8.32. The SMILES string of the molecule is CCCCCc1cccc(CCCCC)c1OC(C)(CC)S(=O)(=O)[O-].[Na+]. The molecule has 4 nitrogen and oxygen atoms in total. The molecule has 0 amide bonds. The summed E-state index contributed by atoms with van der Waals surface area (Å²) in [7, 11) is -4.57. The fourth-order valence-corrected chi connectivity index (χ4v) is 3.35. The molecule has 0 aliphatic heterocycles.